The maximum absolute atomic E-state index is 11.9. The van der Waals surface area contributed by atoms with Crippen LogP contribution in [-0.4, -0.2) is 17.4 Å². The number of halogens is 2. The molecule has 0 aliphatic carbocycles. The van der Waals surface area contributed by atoms with Gasteiger partial charge in [-0.25, -0.2) is 0 Å². The van der Waals surface area contributed by atoms with Crippen LogP contribution in [0.15, 0.2) is 35.3 Å². The van der Waals surface area contributed by atoms with Crippen molar-refractivity contribution < 1.29 is 4.79 Å². The lowest BCUT2D eigenvalue weighted by molar-refractivity contribution is 0.0952. The number of benzene rings is 1. The Labute approximate surface area is 132 Å². The van der Waals surface area contributed by atoms with E-state index >= 15 is 0 Å². The number of carbonyl (C=O) groups is 1. The molecule has 2 N–H and O–H groups in total. The first-order valence-corrected chi connectivity index (χ1v) is 7.14. The Morgan fingerprint density at radius 3 is 2.71 bits per heavy atom. The zero-order valence-electron chi connectivity index (χ0n) is 11.4. The molecule has 1 aromatic carbocycles. The van der Waals surface area contributed by atoms with Crippen molar-refractivity contribution >= 4 is 29.1 Å². The quantitative estimate of drug-likeness (QED) is 0.908. The Morgan fingerprint density at radius 2 is 2.05 bits per heavy atom. The van der Waals surface area contributed by atoms with Gasteiger partial charge in [-0.05, 0) is 31.0 Å². The second-order valence-corrected chi connectivity index (χ2v) is 5.48. The molecule has 0 aliphatic rings. The molecule has 0 saturated carbocycles. The molecule has 2 aromatic rings. The Bertz CT molecular complexity index is 726. The third-order valence-electron chi connectivity index (χ3n) is 3.00. The molecule has 1 aromatic heterocycles. The summed E-state index contributed by atoms with van der Waals surface area (Å²) in [5.41, 5.74) is 1.40. The fourth-order valence-electron chi connectivity index (χ4n) is 1.88. The van der Waals surface area contributed by atoms with Crippen LogP contribution < -0.4 is 10.7 Å². The topological polar surface area (TPSA) is 62.0 Å². The van der Waals surface area contributed by atoms with Crippen LogP contribution in [0.25, 0.3) is 0 Å². The fraction of sp³-hybridized carbons (Fsp3) is 0.200. The summed E-state index contributed by atoms with van der Waals surface area (Å²) >= 11 is 11.9. The molecule has 0 spiro atoms. The third kappa shape index (κ3) is 4.09. The number of aromatic nitrogens is 1. The summed E-state index contributed by atoms with van der Waals surface area (Å²) in [6.45, 7) is 2.14. The van der Waals surface area contributed by atoms with Gasteiger partial charge in [-0.15, -0.1) is 0 Å². The van der Waals surface area contributed by atoms with Crippen molar-refractivity contribution in [3.63, 3.8) is 0 Å². The maximum atomic E-state index is 11.9. The summed E-state index contributed by atoms with van der Waals surface area (Å²) in [5.74, 6) is -0.402. The monoisotopic (exact) mass is 324 g/mol. The minimum Gasteiger partial charge on any atom is -0.364 e. The van der Waals surface area contributed by atoms with Gasteiger partial charge in [0.05, 0.1) is 0 Å². The highest BCUT2D eigenvalue weighted by atomic mass is 35.5. The number of aromatic amines is 1. The maximum Gasteiger partial charge on any atom is 0.256 e. The molecule has 1 heterocycles. The Kier molecular flexibility index (Phi) is 5.04. The molecule has 6 heteroatoms. The van der Waals surface area contributed by atoms with E-state index in [1.165, 1.54) is 12.3 Å². The highest BCUT2D eigenvalue weighted by Crippen LogP contribution is 2.21. The van der Waals surface area contributed by atoms with E-state index in [1.54, 1.807) is 19.1 Å². The molecule has 0 saturated heterocycles. The van der Waals surface area contributed by atoms with Gasteiger partial charge in [0, 0.05) is 34.5 Å². The van der Waals surface area contributed by atoms with E-state index in [1.807, 2.05) is 6.07 Å². The van der Waals surface area contributed by atoms with Crippen molar-refractivity contribution in [2.75, 3.05) is 6.54 Å². The van der Waals surface area contributed by atoms with Crippen molar-refractivity contribution in [2.24, 2.45) is 0 Å². The summed E-state index contributed by atoms with van der Waals surface area (Å²) in [4.78, 5) is 26.5. The van der Waals surface area contributed by atoms with Crippen LogP contribution in [0.3, 0.4) is 0 Å². The predicted molar refractivity (Wildman–Crippen MR) is 84.3 cm³/mol. The van der Waals surface area contributed by atoms with Crippen LogP contribution in [-0.2, 0) is 6.42 Å². The number of amides is 1. The van der Waals surface area contributed by atoms with Crippen LogP contribution in [0.5, 0.6) is 0 Å². The number of hydrogen-bond donors (Lipinski definition) is 2. The lowest BCUT2D eigenvalue weighted by Crippen LogP contribution is -2.30. The zero-order valence-corrected chi connectivity index (χ0v) is 12.9. The van der Waals surface area contributed by atoms with E-state index in [9.17, 15) is 9.59 Å². The predicted octanol–water partition coefficient (Wildman–Crippen LogP) is 2.96. The first kappa shape index (κ1) is 15.6. The number of rotatable bonds is 4. The van der Waals surface area contributed by atoms with Gasteiger partial charge in [-0.3, -0.25) is 9.59 Å². The highest BCUT2D eigenvalue weighted by molar-refractivity contribution is 6.35. The lowest BCUT2D eigenvalue weighted by Gasteiger charge is -2.07. The highest BCUT2D eigenvalue weighted by Gasteiger charge is 2.10. The average molecular weight is 325 g/mol. The van der Waals surface area contributed by atoms with E-state index in [2.05, 4.69) is 10.3 Å². The molecule has 0 radical (unpaired) electrons. The van der Waals surface area contributed by atoms with E-state index in [4.69, 9.17) is 23.2 Å². The van der Waals surface area contributed by atoms with Crippen molar-refractivity contribution in [1.82, 2.24) is 10.3 Å². The number of nitrogens with one attached hydrogen (secondary N) is 2. The minimum atomic E-state index is -0.402. The van der Waals surface area contributed by atoms with Gasteiger partial charge < -0.3 is 10.3 Å². The number of aryl methyl sites for hydroxylation is 1. The summed E-state index contributed by atoms with van der Waals surface area (Å²) in [6, 6.07) is 6.61. The molecule has 2 rings (SSSR count). The van der Waals surface area contributed by atoms with E-state index in [0.717, 1.165) is 5.56 Å². The molecular weight excluding hydrogens is 311 g/mol. The van der Waals surface area contributed by atoms with Gasteiger partial charge in [0.2, 0.25) is 0 Å². The van der Waals surface area contributed by atoms with E-state index < -0.39 is 5.91 Å². The molecule has 0 atom stereocenters. The second kappa shape index (κ2) is 6.78. The molecule has 4 nitrogen and oxygen atoms in total. The average Bonchev–Trinajstić information content (AvgIpc) is 2.41. The third-order valence-corrected chi connectivity index (χ3v) is 3.58. The SMILES string of the molecule is Cc1cc(=O)c(C(=O)NCCc2ccc(Cl)cc2Cl)c[nH]1. The van der Waals surface area contributed by atoms with Crippen molar-refractivity contribution in [3.05, 3.63) is 67.6 Å². The Morgan fingerprint density at radius 1 is 1.29 bits per heavy atom. The molecule has 0 bridgehead atoms. The second-order valence-electron chi connectivity index (χ2n) is 4.64. The molecule has 0 fully saturated rings. The van der Waals surface area contributed by atoms with Gasteiger partial charge in [0.15, 0.2) is 5.43 Å². The molecule has 110 valence electrons. The van der Waals surface area contributed by atoms with Gasteiger partial charge in [0.1, 0.15) is 5.56 Å². The minimum absolute atomic E-state index is 0.0998. The molecule has 0 unspecified atom stereocenters. The van der Waals surface area contributed by atoms with Crippen LogP contribution >= 0.6 is 23.2 Å². The van der Waals surface area contributed by atoms with E-state index in [-0.39, 0.29) is 11.0 Å². The number of H-pyrrole nitrogens is 1. The lowest BCUT2D eigenvalue weighted by atomic mass is 10.1. The van der Waals surface area contributed by atoms with Gasteiger partial charge in [-0.1, -0.05) is 29.3 Å². The van der Waals surface area contributed by atoms with Gasteiger partial charge in [-0.2, -0.15) is 0 Å². The Balaban J connectivity index is 1.97. The van der Waals surface area contributed by atoms with Crippen molar-refractivity contribution in [3.8, 4) is 0 Å². The standard InChI is InChI=1S/C15H14Cl2N2O2/c1-9-6-14(20)12(8-19-9)15(21)18-5-4-10-2-3-11(16)7-13(10)17/h2-3,6-8H,4-5H2,1H3,(H,18,21)(H,19,20). The number of carbonyl (C=O) groups excluding carboxylic acids is 1. The number of pyridine rings is 1. The molecule has 0 aliphatic heterocycles. The molecule has 21 heavy (non-hydrogen) atoms. The fourth-order valence-corrected chi connectivity index (χ4v) is 2.38. The first-order valence-electron chi connectivity index (χ1n) is 6.39. The normalized spacial score (nSPS) is 10.4. The van der Waals surface area contributed by atoms with Gasteiger partial charge in [0.25, 0.3) is 5.91 Å². The summed E-state index contributed by atoms with van der Waals surface area (Å²) in [5, 5.41) is 3.83. The molecule has 1 amide bonds. The summed E-state index contributed by atoms with van der Waals surface area (Å²) < 4.78 is 0. The zero-order chi connectivity index (χ0) is 15.4. The number of hydrogen-bond acceptors (Lipinski definition) is 2. The van der Waals surface area contributed by atoms with Crippen LogP contribution in [0.1, 0.15) is 21.6 Å². The van der Waals surface area contributed by atoms with Gasteiger partial charge >= 0.3 is 0 Å². The largest absolute Gasteiger partial charge is 0.364 e. The summed E-state index contributed by atoms with van der Waals surface area (Å²) in [6.07, 6.45) is 1.98. The smallest absolute Gasteiger partial charge is 0.256 e. The van der Waals surface area contributed by atoms with Crippen LogP contribution in [0.4, 0.5) is 0 Å². The van der Waals surface area contributed by atoms with Crippen molar-refractivity contribution in [2.45, 2.75) is 13.3 Å². The summed E-state index contributed by atoms with van der Waals surface area (Å²) in [7, 11) is 0. The molecular formula is C15H14Cl2N2O2. The first-order chi connectivity index (χ1) is 9.97. The van der Waals surface area contributed by atoms with Crippen molar-refractivity contribution in [1.29, 1.82) is 0 Å². The Hall–Kier alpha value is -1.78. The van der Waals surface area contributed by atoms with Crippen LogP contribution in [0.2, 0.25) is 10.0 Å². The van der Waals surface area contributed by atoms with E-state index in [0.29, 0.717) is 28.7 Å². The van der Waals surface area contributed by atoms with Crippen LogP contribution in [0, 0.1) is 6.92 Å².